The third-order valence-corrected chi connectivity index (χ3v) is 5.69. The third-order valence-electron chi connectivity index (χ3n) is 5.69. The molecule has 5 rings (SSSR count). The van der Waals surface area contributed by atoms with E-state index in [4.69, 9.17) is 0 Å². The molecular formula is C22H20. The van der Waals surface area contributed by atoms with Crippen molar-refractivity contribution in [1.82, 2.24) is 0 Å². The van der Waals surface area contributed by atoms with E-state index in [-0.39, 0.29) is 0 Å². The molecule has 0 spiro atoms. The molecule has 0 bridgehead atoms. The van der Waals surface area contributed by atoms with Crippen LogP contribution in [0.5, 0.6) is 0 Å². The maximum Gasteiger partial charge on any atom is -0.00200 e. The number of benzene rings is 2. The van der Waals surface area contributed by atoms with Gasteiger partial charge < -0.3 is 0 Å². The van der Waals surface area contributed by atoms with Gasteiger partial charge in [-0.15, -0.1) is 0 Å². The summed E-state index contributed by atoms with van der Waals surface area (Å²) in [5, 5.41) is 0. The number of allylic oxidation sites excluding steroid dienone is 4. The largest absolute Gasteiger partial charge is 0.0805 e. The summed E-state index contributed by atoms with van der Waals surface area (Å²) in [4.78, 5) is 0. The molecule has 0 amide bonds. The zero-order valence-corrected chi connectivity index (χ0v) is 12.8. The summed E-state index contributed by atoms with van der Waals surface area (Å²) in [5.74, 6) is 1.43. The van der Waals surface area contributed by atoms with Crippen molar-refractivity contribution in [2.45, 2.75) is 25.7 Å². The van der Waals surface area contributed by atoms with E-state index in [1.807, 2.05) is 0 Å². The van der Waals surface area contributed by atoms with E-state index >= 15 is 0 Å². The first-order valence-electron chi connectivity index (χ1n) is 8.42. The van der Waals surface area contributed by atoms with E-state index in [9.17, 15) is 0 Å². The van der Waals surface area contributed by atoms with Crippen LogP contribution < -0.4 is 0 Å². The lowest BCUT2D eigenvalue weighted by Crippen LogP contribution is -2.24. The van der Waals surface area contributed by atoms with Gasteiger partial charge >= 0.3 is 0 Å². The van der Waals surface area contributed by atoms with Gasteiger partial charge in [0.15, 0.2) is 0 Å². The minimum atomic E-state index is 0.714. The Balaban J connectivity index is 1.56. The third kappa shape index (κ3) is 1.90. The van der Waals surface area contributed by atoms with Crippen molar-refractivity contribution in [3.05, 3.63) is 94.1 Å². The molecule has 0 aromatic heterocycles. The van der Waals surface area contributed by atoms with Crippen LogP contribution in [0.2, 0.25) is 0 Å². The van der Waals surface area contributed by atoms with Crippen LogP contribution >= 0.6 is 0 Å². The number of hydrogen-bond acceptors (Lipinski definition) is 0. The number of rotatable bonds is 0. The Kier molecular flexibility index (Phi) is 2.67. The predicted molar refractivity (Wildman–Crippen MR) is 91.2 cm³/mol. The van der Waals surface area contributed by atoms with Crippen LogP contribution in [-0.4, -0.2) is 0 Å². The topological polar surface area (TPSA) is 0 Å². The Morgan fingerprint density at radius 1 is 0.591 bits per heavy atom. The minimum absolute atomic E-state index is 0.714. The smallest absolute Gasteiger partial charge is 0.00200 e. The molecule has 0 nitrogen and oxygen atoms in total. The van der Waals surface area contributed by atoms with Gasteiger partial charge in [0, 0.05) is 0 Å². The molecule has 0 heterocycles. The Morgan fingerprint density at radius 2 is 1.09 bits per heavy atom. The highest BCUT2D eigenvalue weighted by molar-refractivity contribution is 5.50. The van der Waals surface area contributed by atoms with E-state index in [2.05, 4.69) is 60.7 Å². The van der Waals surface area contributed by atoms with Crippen LogP contribution in [0.25, 0.3) is 0 Å². The maximum atomic E-state index is 2.52. The van der Waals surface area contributed by atoms with E-state index < -0.39 is 0 Å². The molecule has 0 radical (unpaired) electrons. The molecule has 108 valence electrons. The molecule has 0 fully saturated rings. The van der Waals surface area contributed by atoms with E-state index in [0.717, 1.165) is 12.8 Å². The van der Waals surface area contributed by atoms with Crippen molar-refractivity contribution in [2.75, 3.05) is 0 Å². The SMILES string of the molecule is C1=CC2Cc3cc4c(cc3CC2C=C1)Cc1ccccc1C4. The molecule has 0 saturated carbocycles. The summed E-state index contributed by atoms with van der Waals surface area (Å²) in [5.41, 5.74) is 9.35. The summed E-state index contributed by atoms with van der Waals surface area (Å²) < 4.78 is 0. The lowest BCUT2D eigenvalue weighted by atomic mass is 9.72. The van der Waals surface area contributed by atoms with Crippen molar-refractivity contribution in [1.29, 1.82) is 0 Å². The summed E-state index contributed by atoms with van der Waals surface area (Å²) in [6.07, 6.45) is 13.9. The van der Waals surface area contributed by atoms with E-state index in [1.165, 1.54) is 24.0 Å². The van der Waals surface area contributed by atoms with Crippen LogP contribution in [0.3, 0.4) is 0 Å². The average Bonchev–Trinajstić information content (AvgIpc) is 2.56. The van der Waals surface area contributed by atoms with Crippen LogP contribution in [0.15, 0.2) is 60.7 Å². The van der Waals surface area contributed by atoms with Crippen molar-refractivity contribution in [2.24, 2.45) is 11.8 Å². The normalized spacial score (nSPS) is 24.2. The first-order valence-corrected chi connectivity index (χ1v) is 8.42. The van der Waals surface area contributed by atoms with Gasteiger partial charge in [0.05, 0.1) is 0 Å². The Bertz CT molecular complexity index is 739. The van der Waals surface area contributed by atoms with Gasteiger partial charge in [-0.3, -0.25) is 0 Å². The number of fused-ring (bicyclic) bond motifs is 4. The molecule has 22 heavy (non-hydrogen) atoms. The Hall–Kier alpha value is -2.08. The van der Waals surface area contributed by atoms with Gasteiger partial charge in [0.2, 0.25) is 0 Å². The molecule has 0 saturated heterocycles. The molecular weight excluding hydrogens is 264 g/mol. The van der Waals surface area contributed by atoms with Gasteiger partial charge in [-0.05, 0) is 70.9 Å². The zero-order chi connectivity index (χ0) is 14.5. The fraction of sp³-hybridized carbons (Fsp3) is 0.273. The summed E-state index contributed by atoms with van der Waals surface area (Å²) in [6.45, 7) is 0. The van der Waals surface area contributed by atoms with Crippen molar-refractivity contribution in [3.63, 3.8) is 0 Å². The second-order valence-electron chi connectivity index (χ2n) is 7.02. The van der Waals surface area contributed by atoms with Gasteiger partial charge in [-0.1, -0.05) is 60.7 Å². The van der Waals surface area contributed by atoms with E-state index in [0.29, 0.717) is 11.8 Å². The molecule has 3 aliphatic rings. The zero-order valence-electron chi connectivity index (χ0n) is 12.8. The summed E-state index contributed by atoms with van der Waals surface area (Å²) >= 11 is 0. The van der Waals surface area contributed by atoms with Gasteiger partial charge in [-0.25, -0.2) is 0 Å². The highest BCUT2D eigenvalue weighted by Gasteiger charge is 2.27. The molecule has 2 aromatic rings. The Labute approximate surface area is 132 Å². The molecule has 2 unspecified atom stereocenters. The fourth-order valence-electron chi connectivity index (χ4n) is 4.46. The quantitative estimate of drug-likeness (QED) is 0.564. The monoisotopic (exact) mass is 284 g/mol. The molecule has 2 aromatic carbocycles. The van der Waals surface area contributed by atoms with E-state index in [1.54, 1.807) is 22.3 Å². The van der Waals surface area contributed by atoms with Gasteiger partial charge in [-0.2, -0.15) is 0 Å². The highest BCUT2D eigenvalue weighted by Crippen LogP contribution is 2.37. The lowest BCUT2D eigenvalue weighted by molar-refractivity contribution is 0.437. The summed E-state index contributed by atoms with van der Waals surface area (Å²) in [7, 11) is 0. The van der Waals surface area contributed by atoms with Crippen LogP contribution in [-0.2, 0) is 25.7 Å². The molecule has 0 aliphatic heterocycles. The first kappa shape index (κ1) is 12.5. The van der Waals surface area contributed by atoms with Crippen molar-refractivity contribution in [3.8, 4) is 0 Å². The fourth-order valence-corrected chi connectivity index (χ4v) is 4.46. The highest BCUT2D eigenvalue weighted by atomic mass is 14.3. The first-order chi connectivity index (χ1) is 10.9. The molecule has 3 aliphatic carbocycles. The lowest BCUT2D eigenvalue weighted by Gasteiger charge is -2.32. The maximum absolute atomic E-state index is 2.52. The Morgan fingerprint density at radius 3 is 1.59 bits per heavy atom. The van der Waals surface area contributed by atoms with Crippen molar-refractivity contribution < 1.29 is 0 Å². The molecule has 2 atom stereocenters. The summed E-state index contributed by atoms with van der Waals surface area (Å²) in [6, 6.07) is 14.0. The second-order valence-corrected chi connectivity index (χ2v) is 7.02. The standard InChI is InChI=1S/C22H20/c1-2-6-16-10-20-14-22-12-18-8-4-3-7-17(18)11-21(22)13-19(20)9-15(16)5-1/h1-8,13-16H,9-12H2. The molecule has 0 heteroatoms. The van der Waals surface area contributed by atoms with Crippen LogP contribution in [0.4, 0.5) is 0 Å². The van der Waals surface area contributed by atoms with Gasteiger partial charge in [0.1, 0.15) is 0 Å². The average molecular weight is 284 g/mol. The van der Waals surface area contributed by atoms with Crippen LogP contribution in [0.1, 0.15) is 33.4 Å². The predicted octanol–water partition coefficient (Wildman–Crippen LogP) is 4.64. The van der Waals surface area contributed by atoms with Gasteiger partial charge in [0.25, 0.3) is 0 Å². The minimum Gasteiger partial charge on any atom is -0.0805 e. The number of hydrogen-bond donors (Lipinski definition) is 0. The van der Waals surface area contributed by atoms with Crippen molar-refractivity contribution >= 4 is 0 Å². The second kappa shape index (κ2) is 4.71. The van der Waals surface area contributed by atoms with Crippen LogP contribution in [0, 0.1) is 11.8 Å². The molecule has 0 N–H and O–H groups in total.